The molecule has 0 aromatic rings. The van der Waals surface area contributed by atoms with E-state index in [9.17, 15) is 0 Å². The van der Waals surface area contributed by atoms with Gasteiger partial charge in [0.05, 0.1) is 12.2 Å². The lowest BCUT2D eigenvalue weighted by atomic mass is 10.0. The molecule has 0 aliphatic carbocycles. The molecule has 1 rings (SSSR count). The molecule has 0 bridgehead atoms. The van der Waals surface area contributed by atoms with E-state index in [2.05, 4.69) is 6.92 Å². The predicted molar refractivity (Wildman–Crippen MR) is 64.3 cm³/mol. The topological polar surface area (TPSA) is 38.7 Å². The molecular weight excluding hydrogens is 204 g/mol. The number of aliphatic hydroxyl groups is 1. The molecule has 96 valence electrons. The Kier molecular flexibility index (Phi) is 5.73. The van der Waals surface area contributed by atoms with Gasteiger partial charge in [0.1, 0.15) is 0 Å². The third-order valence-corrected chi connectivity index (χ3v) is 3.04. The smallest absolute Gasteiger partial charge is 0.163 e. The molecule has 1 aliphatic rings. The Morgan fingerprint density at radius 2 is 1.62 bits per heavy atom. The van der Waals surface area contributed by atoms with Gasteiger partial charge in [-0.05, 0) is 26.7 Å². The Morgan fingerprint density at radius 3 is 2.19 bits per heavy atom. The van der Waals surface area contributed by atoms with Crippen LogP contribution in [-0.2, 0) is 9.47 Å². The maximum absolute atomic E-state index is 8.99. The lowest BCUT2D eigenvalue weighted by Gasteiger charge is -2.16. The van der Waals surface area contributed by atoms with E-state index in [1.54, 1.807) is 0 Å². The minimum atomic E-state index is -0.477. The van der Waals surface area contributed by atoms with E-state index < -0.39 is 5.79 Å². The number of rotatable bonds is 7. The fraction of sp³-hybridized carbons (Fsp3) is 1.00. The summed E-state index contributed by atoms with van der Waals surface area (Å²) in [6.07, 6.45) is 6.98. The van der Waals surface area contributed by atoms with Crippen molar-refractivity contribution in [3.8, 4) is 0 Å². The maximum Gasteiger partial charge on any atom is 0.163 e. The molecule has 1 fully saturated rings. The van der Waals surface area contributed by atoms with Crippen LogP contribution in [0.25, 0.3) is 0 Å². The minimum absolute atomic E-state index is 0.0710. The normalized spacial score (nSPS) is 28.5. The van der Waals surface area contributed by atoms with Crippen LogP contribution in [0.1, 0.15) is 59.3 Å². The Morgan fingerprint density at radius 1 is 1.00 bits per heavy atom. The molecule has 0 spiro atoms. The molecule has 3 heteroatoms. The standard InChI is InChI=1S/C13H26O3/c1-4-5-6-7-8-11-12(9-10-14)16-13(2,3)15-11/h11-12,14H,4-10H2,1-3H3/t11-,12-/m0/s1. The van der Waals surface area contributed by atoms with E-state index in [1.807, 2.05) is 13.8 Å². The fourth-order valence-electron chi connectivity index (χ4n) is 2.30. The zero-order valence-electron chi connectivity index (χ0n) is 10.9. The number of aliphatic hydroxyl groups excluding tert-OH is 1. The van der Waals surface area contributed by atoms with Crippen LogP contribution in [0, 0.1) is 0 Å². The molecule has 3 nitrogen and oxygen atoms in total. The summed E-state index contributed by atoms with van der Waals surface area (Å²) in [6, 6.07) is 0. The molecule has 0 saturated carbocycles. The summed E-state index contributed by atoms with van der Waals surface area (Å²) in [6.45, 7) is 6.29. The van der Waals surface area contributed by atoms with E-state index in [4.69, 9.17) is 14.6 Å². The highest BCUT2D eigenvalue weighted by molar-refractivity contribution is 4.81. The van der Waals surface area contributed by atoms with E-state index in [0.29, 0.717) is 6.42 Å². The van der Waals surface area contributed by atoms with E-state index >= 15 is 0 Å². The SMILES string of the molecule is CCCCCC[C@@H]1OC(C)(C)O[C@H]1CCO. The van der Waals surface area contributed by atoms with Crippen molar-refractivity contribution in [1.29, 1.82) is 0 Å². The average molecular weight is 230 g/mol. The number of hydrogen-bond donors (Lipinski definition) is 1. The first-order chi connectivity index (χ1) is 7.59. The van der Waals surface area contributed by atoms with Crippen LogP contribution >= 0.6 is 0 Å². The predicted octanol–water partition coefficient (Wildman–Crippen LogP) is 2.86. The highest BCUT2D eigenvalue weighted by Gasteiger charge is 2.40. The van der Waals surface area contributed by atoms with Gasteiger partial charge in [0.25, 0.3) is 0 Å². The molecule has 0 aromatic carbocycles. The summed E-state index contributed by atoms with van der Waals surface area (Å²) >= 11 is 0. The molecule has 0 aromatic heterocycles. The Hall–Kier alpha value is -0.120. The number of unbranched alkanes of at least 4 members (excludes halogenated alkanes) is 3. The Bertz CT molecular complexity index is 192. The summed E-state index contributed by atoms with van der Waals surface area (Å²) < 4.78 is 11.6. The van der Waals surface area contributed by atoms with Crippen LogP contribution in [0.15, 0.2) is 0 Å². The van der Waals surface area contributed by atoms with Crippen LogP contribution in [0.2, 0.25) is 0 Å². The highest BCUT2D eigenvalue weighted by atomic mass is 16.7. The van der Waals surface area contributed by atoms with E-state index in [-0.39, 0.29) is 18.8 Å². The van der Waals surface area contributed by atoms with Gasteiger partial charge in [-0.25, -0.2) is 0 Å². The molecule has 2 atom stereocenters. The van der Waals surface area contributed by atoms with Gasteiger partial charge >= 0.3 is 0 Å². The first-order valence-electron chi connectivity index (χ1n) is 6.55. The summed E-state index contributed by atoms with van der Waals surface area (Å²) in [5, 5.41) is 8.99. The second kappa shape index (κ2) is 6.58. The largest absolute Gasteiger partial charge is 0.396 e. The molecule has 0 unspecified atom stereocenters. The molecule has 1 aliphatic heterocycles. The fourth-order valence-corrected chi connectivity index (χ4v) is 2.30. The van der Waals surface area contributed by atoms with Crippen molar-refractivity contribution < 1.29 is 14.6 Å². The van der Waals surface area contributed by atoms with Crippen LogP contribution in [0.4, 0.5) is 0 Å². The van der Waals surface area contributed by atoms with Crippen molar-refractivity contribution in [3.05, 3.63) is 0 Å². The molecule has 0 radical (unpaired) electrons. The third kappa shape index (κ3) is 4.40. The van der Waals surface area contributed by atoms with Gasteiger partial charge in [0, 0.05) is 6.61 Å². The highest BCUT2D eigenvalue weighted by Crippen LogP contribution is 2.32. The van der Waals surface area contributed by atoms with Gasteiger partial charge in [-0.1, -0.05) is 32.6 Å². The molecule has 1 N–H and O–H groups in total. The van der Waals surface area contributed by atoms with Gasteiger partial charge in [-0.3, -0.25) is 0 Å². The lowest BCUT2D eigenvalue weighted by molar-refractivity contribution is -0.147. The number of ether oxygens (including phenoxy) is 2. The van der Waals surface area contributed by atoms with Gasteiger partial charge < -0.3 is 14.6 Å². The maximum atomic E-state index is 8.99. The lowest BCUT2D eigenvalue weighted by Crippen LogP contribution is -2.23. The van der Waals surface area contributed by atoms with Gasteiger partial charge in [0.2, 0.25) is 0 Å². The van der Waals surface area contributed by atoms with Crippen LogP contribution in [0.3, 0.4) is 0 Å². The summed E-state index contributed by atoms with van der Waals surface area (Å²) in [7, 11) is 0. The Balaban J connectivity index is 2.31. The quantitative estimate of drug-likeness (QED) is 0.683. The van der Waals surface area contributed by atoms with E-state index in [1.165, 1.54) is 25.7 Å². The summed E-state index contributed by atoms with van der Waals surface area (Å²) in [5.74, 6) is -0.477. The van der Waals surface area contributed by atoms with Gasteiger partial charge in [0.15, 0.2) is 5.79 Å². The second-order valence-electron chi connectivity index (χ2n) is 5.07. The molecule has 0 amide bonds. The van der Waals surface area contributed by atoms with Crippen molar-refractivity contribution in [2.75, 3.05) is 6.61 Å². The van der Waals surface area contributed by atoms with Crippen LogP contribution in [-0.4, -0.2) is 29.7 Å². The zero-order chi connectivity index (χ0) is 12.0. The molecule has 16 heavy (non-hydrogen) atoms. The molecule has 1 saturated heterocycles. The number of hydrogen-bond acceptors (Lipinski definition) is 3. The monoisotopic (exact) mass is 230 g/mol. The van der Waals surface area contributed by atoms with Crippen molar-refractivity contribution in [2.24, 2.45) is 0 Å². The van der Waals surface area contributed by atoms with Crippen molar-refractivity contribution in [3.63, 3.8) is 0 Å². The Labute approximate surface area is 99.1 Å². The molecule has 1 heterocycles. The average Bonchev–Trinajstić information content (AvgIpc) is 2.49. The van der Waals surface area contributed by atoms with Gasteiger partial charge in [-0.15, -0.1) is 0 Å². The van der Waals surface area contributed by atoms with Crippen LogP contribution in [0.5, 0.6) is 0 Å². The van der Waals surface area contributed by atoms with Crippen LogP contribution < -0.4 is 0 Å². The second-order valence-corrected chi connectivity index (χ2v) is 5.07. The van der Waals surface area contributed by atoms with Crippen molar-refractivity contribution in [2.45, 2.75) is 77.3 Å². The molecular formula is C13H26O3. The van der Waals surface area contributed by atoms with Crippen molar-refractivity contribution in [1.82, 2.24) is 0 Å². The van der Waals surface area contributed by atoms with E-state index in [0.717, 1.165) is 6.42 Å². The zero-order valence-corrected chi connectivity index (χ0v) is 10.9. The first kappa shape index (κ1) is 13.9. The third-order valence-electron chi connectivity index (χ3n) is 3.04. The summed E-state index contributed by atoms with van der Waals surface area (Å²) in [5.41, 5.74) is 0. The summed E-state index contributed by atoms with van der Waals surface area (Å²) in [4.78, 5) is 0. The minimum Gasteiger partial charge on any atom is -0.396 e. The van der Waals surface area contributed by atoms with Crippen molar-refractivity contribution >= 4 is 0 Å². The van der Waals surface area contributed by atoms with Gasteiger partial charge in [-0.2, -0.15) is 0 Å². The first-order valence-corrected chi connectivity index (χ1v) is 6.55.